The number of benzene rings is 3. The van der Waals surface area contributed by atoms with Crippen molar-refractivity contribution in [1.82, 2.24) is 0 Å². The summed E-state index contributed by atoms with van der Waals surface area (Å²) in [7, 11) is 4.04. The highest BCUT2D eigenvalue weighted by molar-refractivity contribution is 6.06. The highest BCUT2D eigenvalue weighted by Crippen LogP contribution is 2.47. The van der Waals surface area contributed by atoms with Gasteiger partial charge in [0, 0.05) is 44.4 Å². The molecule has 0 unspecified atom stereocenters. The lowest BCUT2D eigenvalue weighted by Crippen LogP contribution is -2.37. The lowest BCUT2D eigenvalue weighted by atomic mass is 9.78. The summed E-state index contributed by atoms with van der Waals surface area (Å²) < 4.78 is 0. The normalized spacial score (nSPS) is 19.6. The third-order valence-electron chi connectivity index (χ3n) is 6.82. The molecule has 5 heteroatoms. The first kappa shape index (κ1) is 22.0. The zero-order valence-electron chi connectivity index (χ0n) is 19.8. The standard InChI is InChI=1S/C29H29N3O2/c1-19(33)32-26-12-8-7-11-24(26)30-25-17-22(20-13-15-23(16-14-20)31(2)3)18-27(34)28(25)29(32)21-9-5-4-6-10-21/h4-16,22,29-30H,17-18H2,1-3H3/t22-,29+/m1/s1. The molecule has 2 atom stereocenters. The van der Waals surface area contributed by atoms with E-state index >= 15 is 0 Å². The molecule has 34 heavy (non-hydrogen) atoms. The molecule has 172 valence electrons. The van der Waals surface area contributed by atoms with E-state index in [1.165, 1.54) is 0 Å². The minimum atomic E-state index is -0.464. The van der Waals surface area contributed by atoms with E-state index in [4.69, 9.17) is 0 Å². The van der Waals surface area contributed by atoms with Gasteiger partial charge < -0.3 is 10.2 Å². The average molecular weight is 452 g/mol. The summed E-state index contributed by atoms with van der Waals surface area (Å²) in [6.07, 6.45) is 1.14. The third-order valence-corrected chi connectivity index (χ3v) is 6.82. The first-order valence-electron chi connectivity index (χ1n) is 11.7. The van der Waals surface area contributed by atoms with Crippen LogP contribution in [0.3, 0.4) is 0 Å². The van der Waals surface area contributed by atoms with Gasteiger partial charge in [-0.05, 0) is 47.7 Å². The summed E-state index contributed by atoms with van der Waals surface area (Å²) in [6.45, 7) is 1.57. The van der Waals surface area contributed by atoms with Crippen LogP contribution < -0.4 is 15.1 Å². The van der Waals surface area contributed by atoms with E-state index in [1.54, 1.807) is 11.8 Å². The van der Waals surface area contributed by atoms with Gasteiger partial charge in [-0.1, -0.05) is 54.6 Å². The van der Waals surface area contributed by atoms with Crippen molar-refractivity contribution in [2.45, 2.75) is 31.7 Å². The number of Topliss-reactive ketones (excluding diaryl/α,β-unsaturated/α-hetero) is 1. The van der Waals surface area contributed by atoms with E-state index in [0.29, 0.717) is 18.4 Å². The number of hydrogen-bond acceptors (Lipinski definition) is 4. The number of allylic oxidation sites excluding steroid dienone is 1. The number of hydrogen-bond donors (Lipinski definition) is 1. The Bertz CT molecular complexity index is 1260. The Morgan fingerprint density at radius 3 is 2.24 bits per heavy atom. The molecular weight excluding hydrogens is 422 g/mol. The number of ketones is 1. The zero-order valence-corrected chi connectivity index (χ0v) is 19.8. The van der Waals surface area contributed by atoms with Crippen LogP contribution in [0.4, 0.5) is 17.1 Å². The Hall–Kier alpha value is -3.86. The molecule has 0 aromatic heterocycles. The molecule has 5 rings (SSSR count). The number of fused-ring (bicyclic) bond motifs is 1. The Labute approximate surface area is 200 Å². The van der Waals surface area contributed by atoms with Gasteiger partial charge >= 0.3 is 0 Å². The molecule has 3 aromatic carbocycles. The molecule has 0 spiro atoms. The van der Waals surface area contributed by atoms with Crippen LogP contribution in [0.2, 0.25) is 0 Å². The fourth-order valence-electron chi connectivity index (χ4n) is 5.17. The second-order valence-electron chi connectivity index (χ2n) is 9.25. The van der Waals surface area contributed by atoms with Crippen molar-refractivity contribution in [3.05, 3.63) is 101 Å². The molecule has 1 heterocycles. The molecule has 3 aromatic rings. The highest BCUT2D eigenvalue weighted by atomic mass is 16.2. The maximum Gasteiger partial charge on any atom is 0.224 e. The molecule has 0 saturated carbocycles. The molecular formula is C29H29N3O2. The van der Waals surface area contributed by atoms with Gasteiger partial charge in [0.25, 0.3) is 0 Å². The van der Waals surface area contributed by atoms with Crippen LogP contribution >= 0.6 is 0 Å². The van der Waals surface area contributed by atoms with Crippen molar-refractivity contribution in [2.75, 3.05) is 29.2 Å². The van der Waals surface area contributed by atoms with Crippen molar-refractivity contribution in [3.63, 3.8) is 0 Å². The Balaban J connectivity index is 1.64. The van der Waals surface area contributed by atoms with Gasteiger partial charge in [-0.25, -0.2) is 0 Å². The lowest BCUT2D eigenvalue weighted by molar-refractivity contribution is -0.117. The number of carbonyl (C=O) groups is 2. The number of anilines is 3. The van der Waals surface area contributed by atoms with Gasteiger partial charge in [0.1, 0.15) is 0 Å². The molecule has 5 nitrogen and oxygen atoms in total. The van der Waals surface area contributed by atoms with Gasteiger partial charge in [-0.3, -0.25) is 14.5 Å². The molecule has 1 aliphatic heterocycles. The predicted molar refractivity (Wildman–Crippen MR) is 137 cm³/mol. The van der Waals surface area contributed by atoms with E-state index in [-0.39, 0.29) is 17.6 Å². The smallest absolute Gasteiger partial charge is 0.224 e. The van der Waals surface area contributed by atoms with Crippen molar-refractivity contribution in [1.29, 1.82) is 0 Å². The van der Waals surface area contributed by atoms with Gasteiger partial charge in [0.2, 0.25) is 5.91 Å². The van der Waals surface area contributed by atoms with Crippen LogP contribution in [0.15, 0.2) is 90.1 Å². The predicted octanol–water partition coefficient (Wildman–Crippen LogP) is 5.67. The number of carbonyl (C=O) groups excluding carboxylic acids is 2. The number of rotatable bonds is 3. The van der Waals surface area contributed by atoms with Crippen molar-refractivity contribution in [3.8, 4) is 0 Å². The average Bonchev–Trinajstić information content (AvgIpc) is 2.99. The first-order valence-corrected chi connectivity index (χ1v) is 11.7. The molecule has 0 fully saturated rings. The van der Waals surface area contributed by atoms with Crippen molar-refractivity contribution >= 4 is 28.8 Å². The molecule has 1 N–H and O–H groups in total. The summed E-state index contributed by atoms with van der Waals surface area (Å²) in [5.41, 5.74) is 6.46. The van der Waals surface area contributed by atoms with Crippen LogP contribution in [0.5, 0.6) is 0 Å². The van der Waals surface area contributed by atoms with Crippen LogP contribution in [0, 0.1) is 0 Å². The number of para-hydroxylation sites is 2. The number of amides is 1. The second kappa shape index (κ2) is 8.82. The maximum absolute atomic E-state index is 13.8. The van der Waals surface area contributed by atoms with Gasteiger partial charge in [0.05, 0.1) is 17.4 Å². The van der Waals surface area contributed by atoms with Crippen molar-refractivity contribution in [2.24, 2.45) is 0 Å². The Kier molecular flexibility index (Phi) is 5.70. The lowest BCUT2D eigenvalue weighted by Gasteiger charge is -2.34. The van der Waals surface area contributed by atoms with Crippen LogP contribution in [-0.4, -0.2) is 25.8 Å². The minimum Gasteiger partial charge on any atom is -0.378 e. The van der Waals surface area contributed by atoms with Crippen LogP contribution in [0.1, 0.15) is 42.9 Å². The molecule has 1 aliphatic carbocycles. The van der Waals surface area contributed by atoms with Crippen LogP contribution in [0.25, 0.3) is 0 Å². The van der Waals surface area contributed by atoms with Gasteiger partial charge in [0.15, 0.2) is 5.78 Å². The maximum atomic E-state index is 13.8. The topological polar surface area (TPSA) is 52.7 Å². The van der Waals surface area contributed by atoms with E-state index in [0.717, 1.165) is 33.9 Å². The fraction of sp³-hybridized carbons (Fsp3) is 0.241. The Morgan fingerprint density at radius 2 is 1.56 bits per heavy atom. The summed E-state index contributed by atoms with van der Waals surface area (Å²) in [5, 5.41) is 3.56. The molecule has 0 radical (unpaired) electrons. The summed E-state index contributed by atoms with van der Waals surface area (Å²) in [4.78, 5) is 30.6. The van der Waals surface area contributed by atoms with E-state index in [1.807, 2.05) is 68.7 Å². The van der Waals surface area contributed by atoms with Gasteiger partial charge in [-0.2, -0.15) is 0 Å². The second-order valence-corrected chi connectivity index (χ2v) is 9.25. The quantitative estimate of drug-likeness (QED) is 0.557. The van der Waals surface area contributed by atoms with Gasteiger partial charge in [-0.15, -0.1) is 0 Å². The largest absolute Gasteiger partial charge is 0.378 e. The SMILES string of the molecule is CC(=O)N1c2ccccc2NC2=C(C(=O)C[C@H](c3ccc(N(C)C)cc3)C2)[C@@H]1c1ccccc1. The highest BCUT2D eigenvalue weighted by Gasteiger charge is 2.40. The number of nitrogens with zero attached hydrogens (tertiary/aromatic N) is 2. The Morgan fingerprint density at radius 1 is 0.882 bits per heavy atom. The van der Waals surface area contributed by atoms with E-state index in [9.17, 15) is 9.59 Å². The number of nitrogens with one attached hydrogen (secondary N) is 1. The monoisotopic (exact) mass is 451 g/mol. The molecule has 0 bridgehead atoms. The summed E-state index contributed by atoms with van der Waals surface area (Å²) in [6, 6.07) is 25.7. The third kappa shape index (κ3) is 3.87. The molecule has 2 aliphatic rings. The zero-order chi connectivity index (χ0) is 23.8. The fourth-order valence-corrected chi connectivity index (χ4v) is 5.17. The van der Waals surface area contributed by atoms with E-state index < -0.39 is 6.04 Å². The van der Waals surface area contributed by atoms with E-state index in [2.05, 4.69) is 34.5 Å². The molecule has 0 saturated heterocycles. The molecule has 1 amide bonds. The summed E-state index contributed by atoms with van der Waals surface area (Å²) in [5.74, 6) is 0.0804. The first-order chi connectivity index (χ1) is 16.4. The van der Waals surface area contributed by atoms with Crippen molar-refractivity contribution < 1.29 is 9.59 Å². The summed E-state index contributed by atoms with van der Waals surface area (Å²) >= 11 is 0. The van der Waals surface area contributed by atoms with Crippen LogP contribution in [-0.2, 0) is 9.59 Å². The minimum absolute atomic E-state index is 0.0856.